The van der Waals surface area contributed by atoms with Crippen LogP contribution >= 0.6 is 0 Å². The molecule has 17 heavy (non-hydrogen) atoms. The Morgan fingerprint density at radius 3 is 2.76 bits per heavy atom. The van der Waals surface area contributed by atoms with Crippen molar-refractivity contribution in [3.8, 4) is 0 Å². The van der Waals surface area contributed by atoms with E-state index in [2.05, 4.69) is 15.2 Å². The summed E-state index contributed by atoms with van der Waals surface area (Å²) in [6.07, 6.45) is 0.453. The predicted molar refractivity (Wildman–Crippen MR) is 59.9 cm³/mol. The summed E-state index contributed by atoms with van der Waals surface area (Å²) >= 11 is 0. The molecule has 3 N–H and O–H groups in total. The van der Waals surface area contributed by atoms with E-state index in [1.54, 1.807) is 7.05 Å². The Bertz CT molecular complexity index is 537. The zero-order valence-corrected chi connectivity index (χ0v) is 10.1. The summed E-state index contributed by atoms with van der Waals surface area (Å²) in [5, 5.41) is 5.95. The van der Waals surface area contributed by atoms with Crippen molar-refractivity contribution in [2.75, 3.05) is 24.3 Å². The lowest BCUT2D eigenvalue weighted by molar-refractivity contribution is 0.0736. The molecule has 0 saturated carbocycles. The number of aromatic nitrogens is 3. The quantitative estimate of drug-likeness (QED) is 0.676. The van der Waals surface area contributed by atoms with Gasteiger partial charge in [0, 0.05) is 13.1 Å². The van der Waals surface area contributed by atoms with Crippen molar-refractivity contribution in [3.05, 3.63) is 5.82 Å². The minimum Gasteiger partial charge on any atom is -0.366 e. The first-order valence-electron chi connectivity index (χ1n) is 5.04. The number of hydrogen-bond acceptors (Lipinski definition) is 6. The van der Waals surface area contributed by atoms with Gasteiger partial charge in [-0.2, -0.15) is 4.98 Å². The van der Waals surface area contributed by atoms with Gasteiger partial charge >= 0.3 is 0 Å². The van der Waals surface area contributed by atoms with Crippen molar-refractivity contribution in [3.63, 3.8) is 0 Å². The molecule has 9 heteroatoms. The van der Waals surface area contributed by atoms with Gasteiger partial charge in [0.2, 0.25) is 11.8 Å². The average molecular weight is 259 g/mol. The molecular weight excluding hydrogens is 246 g/mol. The van der Waals surface area contributed by atoms with Crippen LogP contribution in [-0.2, 0) is 9.84 Å². The normalized spacial score (nSPS) is 22.5. The van der Waals surface area contributed by atoms with E-state index in [-0.39, 0.29) is 29.3 Å². The maximum absolute atomic E-state index is 11.9. The summed E-state index contributed by atoms with van der Waals surface area (Å²) in [6, 6.07) is -0.307. The number of aromatic amines is 1. The van der Waals surface area contributed by atoms with Gasteiger partial charge in [-0.3, -0.25) is 9.89 Å². The lowest BCUT2D eigenvalue weighted by Gasteiger charge is -2.21. The summed E-state index contributed by atoms with van der Waals surface area (Å²) in [7, 11) is -1.47. The number of H-pyrrole nitrogens is 1. The minimum absolute atomic E-state index is 0.00113. The first kappa shape index (κ1) is 11.8. The lowest BCUT2D eigenvalue weighted by Crippen LogP contribution is -2.38. The molecule has 1 atom stereocenters. The second-order valence-corrected chi connectivity index (χ2v) is 6.24. The van der Waals surface area contributed by atoms with E-state index in [0.29, 0.717) is 6.42 Å². The van der Waals surface area contributed by atoms with Crippen molar-refractivity contribution >= 4 is 21.7 Å². The number of sulfone groups is 1. The van der Waals surface area contributed by atoms with E-state index in [4.69, 9.17) is 5.73 Å². The molecule has 0 radical (unpaired) electrons. The molecule has 1 aliphatic heterocycles. The number of hydrogen-bond donors (Lipinski definition) is 2. The highest BCUT2D eigenvalue weighted by molar-refractivity contribution is 7.91. The van der Waals surface area contributed by atoms with E-state index in [0.717, 1.165) is 0 Å². The number of nitrogens with zero attached hydrogens (tertiary/aromatic N) is 3. The Hall–Kier alpha value is -1.64. The minimum atomic E-state index is -3.02. The zero-order chi connectivity index (χ0) is 12.6. The smallest absolute Gasteiger partial charge is 0.291 e. The molecule has 1 aromatic rings. The van der Waals surface area contributed by atoms with Crippen LogP contribution in [0.5, 0.6) is 0 Å². The van der Waals surface area contributed by atoms with Crippen LogP contribution in [0.1, 0.15) is 17.0 Å². The Balaban J connectivity index is 2.11. The van der Waals surface area contributed by atoms with Gasteiger partial charge in [0.15, 0.2) is 9.84 Å². The van der Waals surface area contributed by atoms with Crippen LogP contribution in [0.2, 0.25) is 0 Å². The Morgan fingerprint density at radius 2 is 2.29 bits per heavy atom. The molecule has 2 heterocycles. The van der Waals surface area contributed by atoms with E-state index in [9.17, 15) is 13.2 Å². The highest BCUT2D eigenvalue weighted by Crippen LogP contribution is 2.17. The van der Waals surface area contributed by atoms with Gasteiger partial charge in [0.25, 0.3) is 5.91 Å². The van der Waals surface area contributed by atoms with Crippen molar-refractivity contribution in [1.82, 2.24) is 20.1 Å². The molecule has 0 bridgehead atoms. The maximum Gasteiger partial charge on any atom is 0.291 e. The molecule has 0 aromatic carbocycles. The number of nitrogen functional groups attached to an aromatic ring is 1. The van der Waals surface area contributed by atoms with Crippen LogP contribution in [0.4, 0.5) is 5.95 Å². The van der Waals surface area contributed by atoms with Crippen molar-refractivity contribution in [1.29, 1.82) is 0 Å². The number of nitrogens with two attached hydrogens (primary N) is 1. The summed E-state index contributed by atoms with van der Waals surface area (Å²) in [6.45, 7) is 0. The van der Waals surface area contributed by atoms with Crippen molar-refractivity contribution < 1.29 is 13.2 Å². The molecule has 0 spiro atoms. The standard InChI is InChI=1S/C8H13N5O3S/c1-13(5-2-3-17(15,16)4-5)7(14)6-10-8(9)12-11-6/h5H,2-4H2,1H3,(H3,9,10,11,12). The molecular formula is C8H13N5O3S. The number of carbonyl (C=O) groups excluding carboxylic acids is 1. The van der Waals surface area contributed by atoms with E-state index in [1.807, 2.05) is 0 Å². The summed E-state index contributed by atoms with van der Waals surface area (Å²) in [5.74, 6) is -0.279. The lowest BCUT2D eigenvalue weighted by atomic mass is 10.2. The van der Waals surface area contributed by atoms with Gasteiger partial charge in [-0.25, -0.2) is 8.42 Å². The van der Waals surface area contributed by atoms with E-state index >= 15 is 0 Å². The summed E-state index contributed by atoms with van der Waals surface area (Å²) in [4.78, 5) is 17.0. The molecule has 1 saturated heterocycles. The fourth-order valence-electron chi connectivity index (χ4n) is 1.78. The first-order valence-corrected chi connectivity index (χ1v) is 6.86. The second kappa shape index (κ2) is 3.99. The average Bonchev–Trinajstić information content (AvgIpc) is 2.82. The van der Waals surface area contributed by atoms with Gasteiger partial charge in [0.1, 0.15) is 0 Å². The highest BCUT2D eigenvalue weighted by atomic mass is 32.2. The molecule has 1 amide bonds. The molecule has 94 valence electrons. The summed E-state index contributed by atoms with van der Waals surface area (Å²) < 4.78 is 22.6. The largest absolute Gasteiger partial charge is 0.366 e. The molecule has 1 aromatic heterocycles. The number of rotatable bonds is 2. The van der Waals surface area contributed by atoms with Gasteiger partial charge in [0.05, 0.1) is 11.5 Å². The van der Waals surface area contributed by atoms with Crippen LogP contribution in [0.15, 0.2) is 0 Å². The van der Waals surface area contributed by atoms with Crippen molar-refractivity contribution in [2.45, 2.75) is 12.5 Å². The van der Waals surface area contributed by atoms with Gasteiger partial charge in [-0.05, 0) is 6.42 Å². The first-order chi connectivity index (χ1) is 7.89. The Kier molecular flexibility index (Phi) is 2.77. The van der Waals surface area contributed by atoms with Crippen LogP contribution < -0.4 is 5.73 Å². The number of amides is 1. The molecule has 1 aliphatic rings. The summed E-state index contributed by atoms with van der Waals surface area (Å²) in [5.41, 5.74) is 5.29. The fraction of sp³-hybridized carbons (Fsp3) is 0.625. The molecule has 8 nitrogen and oxygen atoms in total. The SMILES string of the molecule is CN(C(=O)c1nc(N)n[nH]1)C1CCS(=O)(=O)C1. The van der Waals surface area contributed by atoms with Gasteiger partial charge in [-0.15, -0.1) is 5.10 Å². The Morgan fingerprint density at radius 1 is 1.59 bits per heavy atom. The number of carbonyl (C=O) groups is 1. The molecule has 2 rings (SSSR count). The van der Waals surface area contributed by atoms with Crippen LogP contribution in [0.3, 0.4) is 0 Å². The van der Waals surface area contributed by atoms with E-state index < -0.39 is 15.7 Å². The topological polar surface area (TPSA) is 122 Å². The highest BCUT2D eigenvalue weighted by Gasteiger charge is 2.33. The van der Waals surface area contributed by atoms with Crippen LogP contribution in [-0.4, -0.2) is 59.0 Å². The van der Waals surface area contributed by atoms with Crippen LogP contribution in [0, 0.1) is 0 Å². The monoisotopic (exact) mass is 259 g/mol. The third-order valence-electron chi connectivity index (χ3n) is 2.78. The third kappa shape index (κ3) is 2.38. The Labute approximate surface area is 98.1 Å². The number of anilines is 1. The zero-order valence-electron chi connectivity index (χ0n) is 9.25. The predicted octanol–water partition coefficient (Wildman–Crippen LogP) is -1.35. The van der Waals surface area contributed by atoms with E-state index in [1.165, 1.54) is 4.90 Å². The van der Waals surface area contributed by atoms with Gasteiger partial charge < -0.3 is 10.6 Å². The van der Waals surface area contributed by atoms with Crippen LogP contribution in [0.25, 0.3) is 0 Å². The third-order valence-corrected chi connectivity index (χ3v) is 4.53. The molecule has 1 fully saturated rings. The molecule has 1 unspecified atom stereocenters. The van der Waals surface area contributed by atoms with Crippen molar-refractivity contribution in [2.24, 2.45) is 0 Å². The molecule has 0 aliphatic carbocycles. The number of nitrogens with one attached hydrogen (secondary N) is 1. The van der Waals surface area contributed by atoms with Gasteiger partial charge in [-0.1, -0.05) is 0 Å². The maximum atomic E-state index is 11.9. The second-order valence-electron chi connectivity index (χ2n) is 4.02. The fourth-order valence-corrected chi connectivity index (χ4v) is 3.56.